The van der Waals surface area contributed by atoms with Gasteiger partial charge in [0, 0.05) is 25.5 Å². The number of amides is 1. The molecule has 2 aromatic carbocycles. The molecule has 3 heteroatoms. The van der Waals surface area contributed by atoms with Gasteiger partial charge in [0.2, 0.25) is 5.91 Å². The fourth-order valence-electron chi connectivity index (χ4n) is 2.34. The first-order valence-corrected chi connectivity index (χ1v) is 7.09. The van der Waals surface area contributed by atoms with Crippen molar-refractivity contribution in [3.8, 4) is 0 Å². The van der Waals surface area contributed by atoms with Crippen LogP contribution in [0.3, 0.4) is 0 Å². The molecule has 1 amide bonds. The predicted octanol–water partition coefficient (Wildman–Crippen LogP) is 3.40. The monoisotopic (exact) mass is 282 g/mol. The predicted molar refractivity (Wildman–Crippen MR) is 89.0 cm³/mol. The first-order chi connectivity index (χ1) is 10.0. The van der Waals surface area contributed by atoms with Crippen LogP contribution in [0.25, 0.3) is 0 Å². The summed E-state index contributed by atoms with van der Waals surface area (Å²) >= 11 is 0. The Bertz CT molecular complexity index is 622. The van der Waals surface area contributed by atoms with Crippen LogP contribution < -0.4 is 9.80 Å². The number of carbonyl (C=O) groups excluding carboxylic acids is 1. The maximum atomic E-state index is 12.4. The van der Waals surface area contributed by atoms with Gasteiger partial charge in [-0.2, -0.15) is 0 Å². The van der Waals surface area contributed by atoms with E-state index in [0.29, 0.717) is 6.54 Å². The van der Waals surface area contributed by atoms with E-state index < -0.39 is 0 Å². The van der Waals surface area contributed by atoms with Crippen molar-refractivity contribution in [1.29, 1.82) is 0 Å². The lowest BCUT2D eigenvalue weighted by atomic mass is 10.1. The normalized spacial score (nSPS) is 10.3. The molecular weight excluding hydrogens is 260 g/mol. The van der Waals surface area contributed by atoms with Gasteiger partial charge in [-0.25, -0.2) is 0 Å². The minimum absolute atomic E-state index is 0.0737. The molecule has 0 atom stereocenters. The van der Waals surface area contributed by atoms with E-state index >= 15 is 0 Å². The number of nitrogens with zero attached hydrogens (tertiary/aromatic N) is 2. The van der Waals surface area contributed by atoms with Crippen LogP contribution in [0, 0.1) is 13.8 Å². The van der Waals surface area contributed by atoms with Crippen molar-refractivity contribution in [2.45, 2.75) is 13.8 Å². The topological polar surface area (TPSA) is 23.6 Å². The Morgan fingerprint density at radius 1 is 0.952 bits per heavy atom. The molecule has 0 saturated carbocycles. The van der Waals surface area contributed by atoms with Crippen LogP contribution in [0.15, 0.2) is 48.5 Å². The highest BCUT2D eigenvalue weighted by atomic mass is 16.2. The van der Waals surface area contributed by atoms with Crippen LogP contribution in [0.1, 0.15) is 11.1 Å². The van der Waals surface area contributed by atoms with Gasteiger partial charge in [0.15, 0.2) is 0 Å². The molecule has 0 fully saturated rings. The van der Waals surface area contributed by atoms with Gasteiger partial charge < -0.3 is 9.80 Å². The summed E-state index contributed by atoms with van der Waals surface area (Å²) in [6, 6.07) is 15.9. The highest BCUT2D eigenvalue weighted by Gasteiger charge is 2.15. The third kappa shape index (κ3) is 3.43. The third-order valence-electron chi connectivity index (χ3n) is 3.88. The Balaban J connectivity index is 2.10. The van der Waals surface area contributed by atoms with Crippen LogP contribution in [-0.4, -0.2) is 26.5 Å². The SMILES string of the molecule is Cc1cccc(N(C)CC(=O)N(C)c2ccccc2)c1C. The Hall–Kier alpha value is -2.29. The van der Waals surface area contributed by atoms with E-state index in [1.165, 1.54) is 11.1 Å². The fraction of sp³-hybridized carbons (Fsp3) is 0.278. The van der Waals surface area contributed by atoms with E-state index in [0.717, 1.165) is 11.4 Å². The van der Waals surface area contributed by atoms with E-state index in [1.807, 2.05) is 55.4 Å². The minimum atomic E-state index is 0.0737. The largest absolute Gasteiger partial charge is 0.365 e. The van der Waals surface area contributed by atoms with Gasteiger partial charge in [0.05, 0.1) is 6.54 Å². The molecule has 0 aliphatic heterocycles. The number of hydrogen-bond acceptors (Lipinski definition) is 2. The molecule has 0 radical (unpaired) electrons. The lowest BCUT2D eigenvalue weighted by molar-refractivity contribution is -0.117. The summed E-state index contributed by atoms with van der Waals surface area (Å²) in [4.78, 5) is 16.1. The number of hydrogen-bond donors (Lipinski definition) is 0. The molecule has 21 heavy (non-hydrogen) atoms. The van der Waals surface area contributed by atoms with E-state index in [4.69, 9.17) is 0 Å². The number of carbonyl (C=O) groups is 1. The van der Waals surface area contributed by atoms with Crippen molar-refractivity contribution >= 4 is 17.3 Å². The maximum absolute atomic E-state index is 12.4. The standard InChI is InChI=1S/C18H22N2O/c1-14-9-8-12-17(15(14)2)19(3)13-18(21)20(4)16-10-6-5-7-11-16/h5-12H,13H2,1-4H3. The van der Waals surface area contributed by atoms with Crippen LogP contribution >= 0.6 is 0 Å². The van der Waals surface area contributed by atoms with Crippen LogP contribution in [0.2, 0.25) is 0 Å². The van der Waals surface area contributed by atoms with Crippen LogP contribution in [0.4, 0.5) is 11.4 Å². The fourth-order valence-corrected chi connectivity index (χ4v) is 2.34. The molecule has 2 aromatic rings. The van der Waals surface area contributed by atoms with Gasteiger partial charge in [0.1, 0.15) is 0 Å². The molecule has 0 aliphatic rings. The van der Waals surface area contributed by atoms with Gasteiger partial charge in [-0.1, -0.05) is 30.3 Å². The highest BCUT2D eigenvalue weighted by molar-refractivity contribution is 5.96. The molecule has 0 aliphatic carbocycles. The molecule has 3 nitrogen and oxygen atoms in total. The minimum Gasteiger partial charge on any atom is -0.365 e. The van der Waals surface area contributed by atoms with E-state index in [9.17, 15) is 4.79 Å². The molecule has 0 aromatic heterocycles. The van der Waals surface area contributed by atoms with Gasteiger partial charge in [0.25, 0.3) is 0 Å². The first-order valence-electron chi connectivity index (χ1n) is 7.09. The van der Waals surface area contributed by atoms with Crippen molar-refractivity contribution in [3.05, 3.63) is 59.7 Å². The molecule has 0 bridgehead atoms. The average Bonchev–Trinajstić information content (AvgIpc) is 2.50. The second kappa shape index (κ2) is 6.44. The summed E-state index contributed by atoms with van der Waals surface area (Å²) in [5.74, 6) is 0.0737. The Morgan fingerprint density at radius 3 is 2.29 bits per heavy atom. The van der Waals surface area contributed by atoms with Crippen molar-refractivity contribution < 1.29 is 4.79 Å². The quantitative estimate of drug-likeness (QED) is 0.858. The second-order valence-electron chi connectivity index (χ2n) is 5.36. The Kier molecular flexibility index (Phi) is 4.63. The molecular formula is C18H22N2O. The lowest BCUT2D eigenvalue weighted by Gasteiger charge is -2.25. The zero-order chi connectivity index (χ0) is 15.4. The lowest BCUT2D eigenvalue weighted by Crippen LogP contribution is -2.36. The number of benzene rings is 2. The summed E-state index contributed by atoms with van der Waals surface area (Å²) in [6.45, 7) is 4.53. The van der Waals surface area contributed by atoms with Crippen molar-refractivity contribution in [2.24, 2.45) is 0 Å². The van der Waals surface area contributed by atoms with Crippen molar-refractivity contribution in [2.75, 3.05) is 30.4 Å². The second-order valence-corrected chi connectivity index (χ2v) is 5.36. The summed E-state index contributed by atoms with van der Waals surface area (Å²) in [7, 11) is 3.77. The number of para-hydroxylation sites is 1. The van der Waals surface area contributed by atoms with E-state index in [1.54, 1.807) is 4.90 Å². The highest BCUT2D eigenvalue weighted by Crippen LogP contribution is 2.22. The molecule has 110 valence electrons. The number of likely N-dealkylation sites (N-methyl/N-ethyl adjacent to an activating group) is 2. The zero-order valence-corrected chi connectivity index (χ0v) is 13.1. The Morgan fingerprint density at radius 2 is 1.62 bits per heavy atom. The first kappa shape index (κ1) is 15.1. The van der Waals surface area contributed by atoms with Crippen LogP contribution in [0.5, 0.6) is 0 Å². The van der Waals surface area contributed by atoms with Gasteiger partial charge >= 0.3 is 0 Å². The number of anilines is 2. The smallest absolute Gasteiger partial charge is 0.246 e. The Labute approximate surface area is 126 Å². The summed E-state index contributed by atoms with van der Waals surface area (Å²) in [5.41, 5.74) is 4.47. The summed E-state index contributed by atoms with van der Waals surface area (Å²) < 4.78 is 0. The molecule has 0 heterocycles. The average molecular weight is 282 g/mol. The van der Waals surface area contributed by atoms with E-state index in [2.05, 4.69) is 26.0 Å². The molecule has 2 rings (SSSR count). The summed E-state index contributed by atoms with van der Waals surface area (Å²) in [5, 5.41) is 0. The zero-order valence-electron chi connectivity index (χ0n) is 13.1. The molecule has 0 unspecified atom stereocenters. The van der Waals surface area contributed by atoms with Gasteiger partial charge in [-0.15, -0.1) is 0 Å². The van der Waals surface area contributed by atoms with E-state index in [-0.39, 0.29) is 5.91 Å². The van der Waals surface area contributed by atoms with Crippen molar-refractivity contribution in [1.82, 2.24) is 0 Å². The number of aryl methyl sites for hydroxylation is 1. The third-order valence-corrected chi connectivity index (χ3v) is 3.88. The molecule has 0 spiro atoms. The van der Waals surface area contributed by atoms with Gasteiger partial charge in [-0.3, -0.25) is 4.79 Å². The molecule has 0 N–H and O–H groups in total. The summed E-state index contributed by atoms with van der Waals surface area (Å²) in [6.07, 6.45) is 0. The molecule has 0 saturated heterocycles. The van der Waals surface area contributed by atoms with Crippen molar-refractivity contribution in [3.63, 3.8) is 0 Å². The number of rotatable bonds is 4. The van der Waals surface area contributed by atoms with Gasteiger partial charge in [-0.05, 0) is 43.2 Å². The maximum Gasteiger partial charge on any atom is 0.246 e. The van der Waals surface area contributed by atoms with Crippen LogP contribution in [-0.2, 0) is 4.79 Å².